The Morgan fingerprint density at radius 3 is 2.45 bits per heavy atom. The second-order valence-electron chi connectivity index (χ2n) is 10.3. The molecule has 5 rings (SSSR count). The van der Waals surface area contributed by atoms with E-state index in [1.807, 2.05) is 54.4 Å². The Hall–Kier alpha value is -3.52. The second kappa shape index (κ2) is 11.5. The summed E-state index contributed by atoms with van der Waals surface area (Å²) in [5.74, 6) is 3.37. The van der Waals surface area contributed by atoms with E-state index in [9.17, 15) is 4.79 Å². The maximum absolute atomic E-state index is 13.4. The van der Waals surface area contributed by atoms with E-state index in [4.69, 9.17) is 19.2 Å². The molecule has 1 aromatic heterocycles. The number of likely N-dealkylation sites (tertiary alicyclic amines) is 2. The topological polar surface area (TPSA) is 69.1 Å². The van der Waals surface area contributed by atoms with Crippen LogP contribution in [0.5, 0.6) is 17.2 Å². The summed E-state index contributed by atoms with van der Waals surface area (Å²) in [4.78, 5) is 22.9. The van der Waals surface area contributed by atoms with Crippen LogP contribution in [0, 0.1) is 5.92 Å². The maximum atomic E-state index is 13.4. The molecule has 0 bridgehead atoms. The Morgan fingerprint density at radius 1 is 0.947 bits per heavy atom. The zero-order valence-electron chi connectivity index (χ0n) is 22.9. The molecule has 0 radical (unpaired) electrons. The molecule has 2 saturated heterocycles. The molecule has 202 valence electrons. The summed E-state index contributed by atoms with van der Waals surface area (Å²) in [6, 6.07) is 13.7. The summed E-state index contributed by atoms with van der Waals surface area (Å²) >= 11 is 0. The molecule has 3 aromatic rings. The van der Waals surface area contributed by atoms with Crippen molar-refractivity contribution >= 4 is 5.91 Å². The molecular weight excluding hydrogens is 480 g/mol. The smallest absolute Gasteiger partial charge is 0.227 e. The number of imidazole rings is 1. The van der Waals surface area contributed by atoms with Gasteiger partial charge in [-0.2, -0.15) is 0 Å². The highest BCUT2D eigenvalue weighted by Crippen LogP contribution is 2.38. The van der Waals surface area contributed by atoms with Gasteiger partial charge in [0.1, 0.15) is 23.1 Å². The minimum Gasteiger partial charge on any atom is -0.497 e. The van der Waals surface area contributed by atoms with Gasteiger partial charge < -0.3 is 28.6 Å². The third-order valence-corrected chi connectivity index (χ3v) is 7.91. The van der Waals surface area contributed by atoms with Crippen molar-refractivity contribution in [3.8, 4) is 28.5 Å². The number of methoxy groups -OCH3 is 3. The van der Waals surface area contributed by atoms with E-state index in [-0.39, 0.29) is 17.9 Å². The van der Waals surface area contributed by atoms with Crippen LogP contribution in [0.3, 0.4) is 0 Å². The van der Waals surface area contributed by atoms with Crippen molar-refractivity contribution in [3.63, 3.8) is 0 Å². The number of amides is 1. The van der Waals surface area contributed by atoms with Gasteiger partial charge in [-0.25, -0.2) is 4.98 Å². The van der Waals surface area contributed by atoms with Crippen LogP contribution in [0.2, 0.25) is 0 Å². The zero-order valence-corrected chi connectivity index (χ0v) is 22.9. The average Bonchev–Trinajstić information content (AvgIpc) is 3.50. The minimum atomic E-state index is -0.0964. The summed E-state index contributed by atoms with van der Waals surface area (Å²) in [5, 5.41) is 0. The van der Waals surface area contributed by atoms with E-state index in [0.29, 0.717) is 6.54 Å². The minimum absolute atomic E-state index is 0.0101. The van der Waals surface area contributed by atoms with Crippen LogP contribution in [0.4, 0.5) is 0 Å². The van der Waals surface area contributed by atoms with Gasteiger partial charge in [-0.05, 0) is 56.6 Å². The lowest BCUT2D eigenvalue weighted by Crippen LogP contribution is -2.37. The van der Waals surface area contributed by atoms with Crippen molar-refractivity contribution in [2.75, 3.05) is 48.0 Å². The van der Waals surface area contributed by atoms with E-state index < -0.39 is 0 Å². The van der Waals surface area contributed by atoms with Gasteiger partial charge >= 0.3 is 0 Å². The fourth-order valence-corrected chi connectivity index (χ4v) is 5.77. The molecule has 2 aliphatic rings. The number of ether oxygens (including phenoxy) is 3. The molecular formula is C30H38N4O4. The van der Waals surface area contributed by atoms with E-state index in [1.54, 1.807) is 21.3 Å². The number of nitrogens with zero attached hydrogens (tertiary/aromatic N) is 4. The predicted octanol–water partition coefficient (Wildman–Crippen LogP) is 4.63. The van der Waals surface area contributed by atoms with Gasteiger partial charge in [-0.15, -0.1) is 0 Å². The quantitative estimate of drug-likeness (QED) is 0.412. The van der Waals surface area contributed by atoms with Crippen molar-refractivity contribution in [1.29, 1.82) is 0 Å². The van der Waals surface area contributed by atoms with Crippen molar-refractivity contribution in [3.05, 3.63) is 60.0 Å². The molecule has 2 atom stereocenters. The fourth-order valence-electron chi connectivity index (χ4n) is 5.77. The molecule has 1 amide bonds. The first-order valence-electron chi connectivity index (χ1n) is 13.4. The highest BCUT2D eigenvalue weighted by Gasteiger charge is 2.41. The molecule has 2 aromatic carbocycles. The van der Waals surface area contributed by atoms with Crippen LogP contribution in [-0.4, -0.2) is 73.3 Å². The fraction of sp³-hybridized carbons (Fsp3) is 0.467. The van der Waals surface area contributed by atoms with Gasteiger partial charge in [0.2, 0.25) is 5.91 Å². The van der Waals surface area contributed by atoms with Gasteiger partial charge in [0, 0.05) is 37.0 Å². The molecule has 2 fully saturated rings. The number of carbonyl (C=O) groups excluding carboxylic acids is 1. The molecule has 3 heterocycles. The van der Waals surface area contributed by atoms with E-state index in [2.05, 4.69) is 15.7 Å². The van der Waals surface area contributed by atoms with Crippen molar-refractivity contribution in [2.45, 2.75) is 38.3 Å². The lowest BCUT2D eigenvalue weighted by Gasteiger charge is -2.28. The number of aromatic nitrogens is 2. The van der Waals surface area contributed by atoms with Crippen LogP contribution in [0.25, 0.3) is 11.3 Å². The number of hydrogen-bond acceptors (Lipinski definition) is 6. The van der Waals surface area contributed by atoms with Crippen molar-refractivity contribution in [1.82, 2.24) is 19.4 Å². The van der Waals surface area contributed by atoms with Gasteiger partial charge in [0.25, 0.3) is 0 Å². The van der Waals surface area contributed by atoms with Gasteiger partial charge in [-0.1, -0.05) is 18.6 Å². The Labute approximate surface area is 225 Å². The summed E-state index contributed by atoms with van der Waals surface area (Å²) in [6.45, 7) is 3.57. The van der Waals surface area contributed by atoms with Crippen LogP contribution < -0.4 is 14.2 Å². The highest BCUT2D eigenvalue weighted by atomic mass is 16.5. The van der Waals surface area contributed by atoms with E-state index >= 15 is 0 Å². The summed E-state index contributed by atoms with van der Waals surface area (Å²) in [5.41, 5.74) is 2.84. The number of hydrogen-bond donors (Lipinski definition) is 0. The number of benzene rings is 2. The van der Waals surface area contributed by atoms with Crippen LogP contribution in [0.1, 0.15) is 43.1 Å². The van der Waals surface area contributed by atoms with Crippen LogP contribution >= 0.6 is 0 Å². The van der Waals surface area contributed by atoms with E-state index in [1.165, 1.54) is 19.3 Å². The second-order valence-corrected chi connectivity index (χ2v) is 10.3. The van der Waals surface area contributed by atoms with E-state index in [0.717, 1.165) is 65.9 Å². The third kappa shape index (κ3) is 5.36. The first kappa shape index (κ1) is 26.1. The predicted molar refractivity (Wildman–Crippen MR) is 147 cm³/mol. The molecule has 0 spiro atoms. The SMILES string of the molecule is COc1cccc(-c2cn(Cc3ccc(OC)cc3OC)c([C@H]3C[C@@H](CN4CCCCC4)C(=O)N3C)n2)c1. The van der Waals surface area contributed by atoms with Gasteiger partial charge in [-0.3, -0.25) is 4.79 Å². The summed E-state index contributed by atoms with van der Waals surface area (Å²) in [7, 11) is 6.90. The molecule has 8 nitrogen and oxygen atoms in total. The zero-order chi connectivity index (χ0) is 26.6. The molecule has 2 aliphatic heterocycles. The first-order chi connectivity index (χ1) is 18.5. The van der Waals surface area contributed by atoms with Crippen LogP contribution in [0.15, 0.2) is 48.7 Å². The monoisotopic (exact) mass is 518 g/mol. The standard InChI is InChI=1S/C30H38N4O4/c1-32-27(16-23(30(32)35)18-33-13-6-5-7-14-33)29-31-26(21-9-8-10-24(15-21)36-2)20-34(29)19-22-11-12-25(37-3)17-28(22)38-4/h8-12,15,17,20,23,27H,5-7,13-14,16,18-19H2,1-4H3/t23-,27+/m0/s1. The Balaban J connectivity index is 1.49. The average molecular weight is 519 g/mol. The van der Waals surface area contributed by atoms with Gasteiger partial charge in [0.15, 0.2) is 0 Å². The lowest BCUT2D eigenvalue weighted by atomic mass is 10.0. The number of carbonyl (C=O) groups is 1. The summed E-state index contributed by atoms with van der Waals surface area (Å²) in [6.07, 6.45) is 6.57. The Kier molecular flexibility index (Phi) is 7.88. The summed E-state index contributed by atoms with van der Waals surface area (Å²) < 4.78 is 18.7. The Morgan fingerprint density at radius 2 is 1.71 bits per heavy atom. The lowest BCUT2D eigenvalue weighted by molar-refractivity contribution is -0.131. The molecule has 0 saturated carbocycles. The first-order valence-corrected chi connectivity index (χ1v) is 13.4. The molecule has 38 heavy (non-hydrogen) atoms. The molecule has 0 unspecified atom stereocenters. The highest BCUT2D eigenvalue weighted by molar-refractivity contribution is 5.81. The van der Waals surface area contributed by atoms with Crippen molar-refractivity contribution < 1.29 is 19.0 Å². The normalized spacial score (nSPS) is 20.1. The number of piperidine rings is 1. The largest absolute Gasteiger partial charge is 0.497 e. The molecule has 8 heteroatoms. The van der Waals surface area contributed by atoms with Crippen molar-refractivity contribution in [2.24, 2.45) is 5.92 Å². The molecule has 0 aliphatic carbocycles. The molecule has 0 N–H and O–H groups in total. The number of rotatable bonds is 9. The Bertz CT molecular complexity index is 1270. The third-order valence-electron chi connectivity index (χ3n) is 7.91. The van der Waals surface area contributed by atoms with Gasteiger partial charge in [0.05, 0.1) is 45.5 Å². The maximum Gasteiger partial charge on any atom is 0.227 e. The van der Waals surface area contributed by atoms with Crippen LogP contribution in [-0.2, 0) is 11.3 Å².